The average molecular weight is 393 g/mol. The van der Waals surface area contributed by atoms with Crippen molar-refractivity contribution in [3.05, 3.63) is 38.1 Å². The molecule has 1 aromatic carbocycles. The predicted octanol–water partition coefficient (Wildman–Crippen LogP) is 2.42. The molecular weight excluding hydrogens is 387 g/mol. The molecule has 1 amide bonds. The van der Waals surface area contributed by atoms with Crippen molar-refractivity contribution in [2.45, 2.75) is 0 Å². The monoisotopic (exact) mass is 392 g/mol. The van der Waals surface area contributed by atoms with Gasteiger partial charge < -0.3 is 0 Å². The van der Waals surface area contributed by atoms with Crippen LogP contribution in [0.4, 0.5) is 5.95 Å². The van der Waals surface area contributed by atoms with Crippen LogP contribution in [0.5, 0.6) is 0 Å². The fourth-order valence-electron chi connectivity index (χ4n) is 1.11. The minimum atomic E-state index is -0.220. The van der Waals surface area contributed by atoms with E-state index in [-0.39, 0.29) is 5.91 Å². The highest BCUT2D eigenvalue weighted by molar-refractivity contribution is 14.1. The molecule has 0 saturated carbocycles. The first kappa shape index (κ1) is 11.5. The van der Waals surface area contributed by atoms with Gasteiger partial charge in [0.2, 0.25) is 5.95 Å². The molecule has 0 saturated heterocycles. The number of carbonyl (C=O) groups is 1. The molecule has 7 heteroatoms. The molecule has 1 heterocycles. The number of nitrogens with zero attached hydrogens (tertiary/aromatic N) is 2. The normalized spacial score (nSPS) is 10.1. The van der Waals surface area contributed by atoms with Crippen molar-refractivity contribution in [2.75, 3.05) is 5.32 Å². The molecule has 0 aliphatic rings. The first-order valence-electron chi connectivity index (χ1n) is 4.28. The maximum atomic E-state index is 11.9. The summed E-state index contributed by atoms with van der Waals surface area (Å²) >= 11 is 5.43. The first-order valence-corrected chi connectivity index (χ1v) is 6.16. The molecule has 0 radical (unpaired) electrons. The van der Waals surface area contributed by atoms with Gasteiger partial charge in [0, 0.05) is 8.04 Å². The number of aromatic nitrogens is 3. The lowest BCUT2D eigenvalue weighted by Gasteiger charge is -2.04. The summed E-state index contributed by atoms with van der Waals surface area (Å²) in [4.78, 5) is 15.7. The zero-order valence-corrected chi connectivity index (χ0v) is 11.6. The number of aromatic amines is 1. The summed E-state index contributed by atoms with van der Waals surface area (Å²) in [5.74, 6) is 0.114. The van der Waals surface area contributed by atoms with E-state index in [1.807, 2.05) is 12.1 Å². The van der Waals surface area contributed by atoms with E-state index in [2.05, 4.69) is 59.0 Å². The summed E-state index contributed by atoms with van der Waals surface area (Å²) in [7, 11) is 0. The number of rotatable bonds is 2. The molecule has 0 aliphatic heterocycles. The van der Waals surface area contributed by atoms with Crippen molar-refractivity contribution in [3.8, 4) is 0 Å². The number of hydrogen-bond acceptors (Lipinski definition) is 3. The zero-order valence-electron chi connectivity index (χ0n) is 7.87. The van der Waals surface area contributed by atoms with Crippen molar-refractivity contribution in [2.24, 2.45) is 0 Å². The Kier molecular flexibility index (Phi) is 3.54. The van der Waals surface area contributed by atoms with Gasteiger partial charge in [0.1, 0.15) is 6.33 Å². The van der Waals surface area contributed by atoms with E-state index in [1.54, 1.807) is 6.07 Å². The van der Waals surface area contributed by atoms with E-state index in [0.717, 1.165) is 8.04 Å². The summed E-state index contributed by atoms with van der Waals surface area (Å²) < 4.78 is 1.73. The third-order valence-corrected chi connectivity index (χ3v) is 3.25. The van der Waals surface area contributed by atoms with Crippen LogP contribution in [-0.4, -0.2) is 21.1 Å². The molecule has 0 unspecified atom stereocenters. The standard InChI is InChI=1S/C9H6BrIN4O/c10-5-1-2-7(11)6(3-5)8(16)14-9-12-4-13-15-9/h1-4H,(H2,12,13,14,15,16). The zero-order chi connectivity index (χ0) is 11.5. The number of carbonyl (C=O) groups excluding carboxylic acids is 1. The molecule has 16 heavy (non-hydrogen) atoms. The summed E-state index contributed by atoms with van der Waals surface area (Å²) in [6.07, 6.45) is 1.33. The van der Waals surface area contributed by atoms with Crippen LogP contribution in [0.3, 0.4) is 0 Å². The Hall–Kier alpha value is -0.960. The third-order valence-electron chi connectivity index (χ3n) is 1.82. The molecule has 0 spiro atoms. The van der Waals surface area contributed by atoms with Crippen LogP contribution in [0.15, 0.2) is 29.0 Å². The first-order chi connectivity index (χ1) is 7.66. The molecule has 5 nitrogen and oxygen atoms in total. The maximum Gasteiger partial charge on any atom is 0.259 e. The summed E-state index contributed by atoms with van der Waals surface area (Å²) in [6, 6.07) is 5.50. The largest absolute Gasteiger partial charge is 0.291 e. The highest BCUT2D eigenvalue weighted by atomic mass is 127. The third kappa shape index (κ3) is 2.59. The van der Waals surface area contributed by atoms with Crippen LogP contribution < -0.4 is 5.32 Å². The van der Waals surface area contributed by atoms with Crippen molar-refractivity contribution >= 4 is 50.4 Å². The van der Waals surface area contributed by atoms with Crippen LogP contribution in [0.1, 0.15) is 10.4 Å². The molecule has 0 aliphatic carbocycles. The second-order valence-electron chi connectivity index (χ2n) is 2.91. The Morgan fingerprint density at radius 2 is 2.31 bits per heavy atom. The van der Waals surface area contributed by atoms with E-state index < -0.39 is 0 Å². The van der Waals surface area contributed by atoms with Crippen LogP contribution in [0.25, 0.3) is 0 Å². The number of hydrogen-bond donors (Lipinski definition) is 2. The summed E-state index contributed by atoms with van der Waals surface area (Å²) in [5, 5.41) is 8.82. The van der Waals surface area contributed by atoms with Crippen molar-refractivity contribution < 1.29 is 4.79 Å². The van der Waals surface area contributed by atoms with Crippen molar-refractivity contribution in [1.82, 2.24) is 15.2 Å². The van der Waals surface area contributed by atoms with Gasteiger partial charge in [-0.05, 0) is 40.8 Å². The number of benzene rings is 1. The number of amides is 1. The lowest BCUT2D eigenvalue weighted by Crippen LogP contribution is -2.14. The molecule has 0 atom stereocenters. The number of anilines is 1. The number of H-pyrrole nitrogens is 1. The smallest absolute Gasteiger partial charge is 0.259 e. The van der Waals surface area contributed by atoms with Gasteiger partial charge in [0.25, 0.3) is 5.91 Å². The highest BCUT2D eigenvalue weighted by Gasteiger charge is 2.11. The summed E-state index contributed by atoms with van der Waals surface area (Å²) in [6.45, 7) is 0. The predicted molar refractivity (Wildman–Crippen MR) is 71.2 cm³/mol. The number of nitrogens with one attached hydrogen (secondary N) is 2. The second-order valence-corrected chi connectivity index (χ2v) is 4.99. The fourth-order valence-corrected chi connectivity index (χ4v) is 2.05. The SMILES string of the molecule is O=C(Nc1ncn[nH]1)c1cc(Br)ccc1I. The molecule has 2 N–H and O–H groups in total. The van der Waals surface area contributed by atoms with Gasteiger partial charge in [-0.3, -0.25) is 10.1 Å². The van der Waals surface area contributed by atoms with E-state index in [0.29, 0.717) is 11.5 Å². The van der Waals surface area contributed by atoms with E-state index in [9.17, 15) is 4.79 Å². The second kappa shape index (κ2) is 4.91. The average Bonchev–Trinajstić information content (AvgIpc) is 2.74. The van der Waals surface area contributed by atoms with Crippen LogP contribution in [-0.2, 0) is 0 Å². The topological polar surface area (TPSA) is 70.7 Å². The molecule has 0 bridgehead atoms. The molecule has 2 aromatic rings. The van der Waals surface area contributed by atoms with Gasteiger partial charge >= 0.3 is 0 Å². The molecule has 0 fully saturated rings. The van der Waals surface area contributed by atoms with Gasteiger partial charge in [-0.15, -0.1) is 0 Å². The van der Waals surface area contributed by atoms with E-state index >= 15 is 0 Å². The van der Waals surface area contributed by atoms with Crippen LogP contribution in [0, 0.1) is 3.57 Å². The molecular formula is C9H6BrIN4O. The Morgan fingerprint density at radius 1 is 1.50 bits per heavy atom. The van der Waals surface area contributed by atoms with Crippen molar-refractivity contribution in [1.29, 1.82) is 0 Å². The highest BCUT2D eigenvalue weighted by Crippen LogP contribution is 2.19. The van der Waals surface area contributed by atoms with Gasteiger partial charge in [0.05, 0.1) is 5.56 Å². The van der Waals surface area contributed by atoms with Crippen LogP contribution >= 0.6 is 38.5 Å². The van der Waals surface area contributed by atoms with Gasteiger partial charge in [-0.25, -0.2) is 5.10 Å². The minimum Gasteiger partial charge on any atom is -0.291 e. The fraction of sp³-hybridized carbons (Fsp3) is 0. The Balaban J connectivity index is 2.24. The number of halogens is 2. The molecule has 2 rings (SSSR count). The molecule has 1 aromatic heterocycles. The molecule has 82 valence electrons. The lowest BCUT2D eigenvalue weighted by molar-refractivity contribution is 0.102. The minimum absolute atomic E-state index is 0.220. The van der Waals surface area contributed by atoms with Gasteiger partial charge in [-0.2, -0.15) is 10.1 Å². The maximum absolute atomic E-state index is 11.9. The summed E-state index contributed by atoms with van der Waals surface area (Å²) in [5.41, 5.74) is 0.589. The van der Waals surface area contributed by atoms with E-state index in [4.69, 9.17) is 0 Å². The lowest BCUT2D eigenvalue weighted by atomic mass is 10.2. The Labute approximate surface area is 113 Å². The quantitative estimate of drug-likeness (QED) is 0.771. The Morgan fingerprint density at radius 3 is 3.00 bits per heavy atom. The van der Waals surface area contributed by atoms with Crippen LogP contribution in [0.2, 0.25) is 0 Å². The Bertz CT molecular complexity index is 514. The van der Waals surface area contributed by atoms with E-state index in [1.165, 1.54) is 6.33 Å². The van der Waals surface area contributed by atoms with Gasteiger partial charge in [0.15, 0.2) is 0 Å². The van der Waals surface area contributed by atoms with Crippen molar-refractivity contribution in [3.63, 3.8) is 0 Å². The van der Waals surface area contributed by atoms with Gasteiger partial charge in [-0.1, -0.05) is 15.9 Å².